The Morgan fingerprint density at radius 2 is 2.32 bits per heavy atom. The SMILES string of the molecule is CCCC1(C(=O)Cc2cccc(O)c2)CCCNC1. The number of aromatic hydroxyl groups is 1. The molecule has 1 aromatic rings. The summed E-state index contributed by atoms with van der Waals surface area (Å²) in [4.78, 5) is 12.7. The minimum Gasteiger partial charge on any atom is -0.508 e. The molecule has 2 rings (SSSR count). The normalized spacial score (nSPS) is 23.2. The van der Waals surface area contributed by atoms with Gasteiger partial charge in [-0.05, 0) is 43.5 Å². The summed E-state index contributed by atoms with van der Waals surface area (Å²) >= 11 is 0. The van der Waals surface area contributed by atoms with Crippen molar-refractivity contribution in [2.45, 2.75) is 39.0 Å². The first-order chi connectivity index (χ1) is 9.16. The molecule has 0 bridgehead atoms. The van der Waals surface area contributed by atoms with E-state index < -0.39 is 0 Å². The molecular formula is C16H23NO2. The van der Waals surface area contributed by atoms with Crippen molar-refractivity contribution in [2.24, 2.45) is 5.41 Å². The molecule has 1 unspecified atom stereocenters. The number of carbonyl (C=O) groups is 1. The van der Waals surface area contributed by atoms with Crippen LogP contribution in [0.15, 0.2) is 24.3 Å². The number of phenols is 1. The smallest absolute Gasteiger partial charge is 0.144 e. The largest absolute Gasteiger partial charge is 0.508 e. The Morgan fingerprint density at radius 3 is 2.95 bits per heavy atom. The van der Waals surface area contributed by atoms with E-state index in [0.717, 1.165) is 44.3 Å². The first-order valence-electron chi connectivity index (χ1n) is 7.18. The van der Waals surface area contributed by atoms with E-state index in [1.165, 1.54) is 0 Å². The molecule has 3 heteroatoms. The Balaban J connectivity index is 2.11. The fourth-order valence-electron chi connectivity index (χ4n) is 3.08. The van der Waals surface area contributed by atoms with E-state index >= 15 is 0 Å². The third kappa shape index (κ3) is 3.35. The van der Waals surface area contributed by atoms with Crippen molar-refractivity contribution in [1.82, 2.24) is 5.32 Å². The number of nitrogens with one attached hydrogen (secondary N) is 1. The summed E-state index contributed by atoms with van der Waals surface area (Å²) in [6.45, 7) is 3.96. The van der Waals surface area contributed by atoms with Gasteiger partial charge in [-0.15, -0.1) is 0 Å². The van der Waals surface area contributed by atoms with Crippen molar-refractivity contribution in [2.75, 3.05) is 13.1 Å². The minimum atomic E-state index is -0.196. The van der Waals surface area contributed by atoms with Crippen molar-refractivity contribution < 1.29 is 9.90 Å². The van der Waals surface area contributed by atoms with Crippen LogP contribution in [-0.4, -0.2) is 24.0 Å². The zero-order chi connectivity index (χ0) is 13.7. The highest BCUT2D eigenvalue weighted by molar-refractivity contribution is 5.87. The summed E-state index contributed by atoms with van der Waals surface area (Å²) in [7, 11) is 0. The third-order valence-electron chi connectivity index (χ3n) is 4.07. The number of piperidine rings is 1. The van der Waals surface area contributed by atoms with Crippen LogP contribution < -0.4 is 5.32 Å². The zero-order valence-electron chi connectivity index (χ0n) is 11.6. The molecule has 2 N–H and O–H groups in total. The molecule has 0 radical (unpaired) electrons. The van der Waals surface area contributed by atoms with Crippen LogP contribution in [0.5, 0.6) is 5.75 Å². The van der Waals surface area contributed by atoms with Crippen LogP contribution in [0, 0.1) is 5.41 Å². The van der Waals surface area contributed by atoms with Crippen LogP contribution in [0.25, 0.3) is 0 Å². The predicted octanol–water partition coefficient (Wildman–Crippen LogP) is 2.67. The highest BCUT2D eigenvalue weighted by Crippen LogP contribution is 2.34. The standard InChI is InChI=1S/C16H23NO2/c1-2-7-16(8-4-9-17-12-16)15(19)11-13-5-3-6-14(18)10-13/h3,5-6,10,17-18H,2,4,7-9,11-12H2,1H3. The van der Waals surface area contributed by atoms with Gasteiger partial charge in [0.1, 0.15) is 11.5 Å². The van der Waals surface area contributed by atoms with E-state index in [2.05, 4.69) is 12.2 Å². The molecule has 104 valence electrons. The molecule has 0 aliphatic carbocycles. The lowest BCUT2D eigenvalue weighted by atomic mass is 9.72. The number of hydrogen-bond acceptors (Lipinski definition) is 3. The summed E-state index contributed by atoms with van der Waals surface area (Å²) < 4.78 is 0. The van der Waals surface area contributed by atoms with Gasteiger partial charge in [0.15, 0.2) is 0 Å². The Bertz CT molecular complexity index is 431. The Labute approximate surface area is 115 Å². The number of rotatable bonds is 5. The first kappa shape index (κ1) is 14.1. The van der Waals surface area contributed by atoms with Gasteiger partial charge in [-0.3, -0.25) is 4.79 Å². The second-order valence-corrected chi connectivity index (χ2v) is 5.58. The molecule has 1 aliphatic heterocycles. The van der Waals surface area contributed by atoms with E-state index in [-0.39, 0.29) is 11.2 Å². The van der Waals surface area contributed by atoms with Crippen LogP contribution in [-0.2, 0) is 11.2 Å². The number of Topliss-reactive ketones (excluding diaryl/α,β-unsaturated/α-hetero) is 1. The highest BCUT2D eigenvalue weighted by Gasteiger charge is 2.37. The first-order valence-corrected chi connectivity index (χ1v) is 7.18. The number of phenolic OH excluding ortho intramolecular Hbond substituents is 1. The van der Waals surface area contributed by atoms with Crippen molar-refractivity contribution >= 4 is 5.78 Å². The lowest BCUT2D eigenvalue weighted by Crippen LogP contribution is -2.46. The average molecular weight is 261 g/mol. The van der Waals surface area contributed by atoms with E-state index in [4.69, 9.17) is 0 Å². The molecule has 3 nitrogen and oxygen atoms in total. The molecule has 0 amide bonds. The van der Waals surface area contributed by atoms with Gasteiger partial charge in [0.2, 0.25) is 0 Å². The van der Waals surface area contributed by atoms with E-state index in [9.17, 15) is 9.90 Å². The van der Waals surface area contributed by atoms with Crippen LogP contribution in [0.1, 0.15) is 38.2 Å². The predicted molar refractivity (Wildman–Crippen MR) is 76.3 cm³/mol. The summed E-state index contributed by atoms with van der Waals surface area (Å²) in [6.07, 6.45) is 4.48. The Kier molecular flexibility index (Phi) is 4.59. The van der Waals surface area contributed by atoms with Crippen LogP contribution in [0.4, 0.5) is 0 Å². The van der Waals surface area contributed by atoms with Gasteiger partial charge in [0.05, 0.1) is 0 Å². The van der Waals surface area contributed by atoms with Crippen molar-refractivity contribution in [1.29, 1.82) is 0 Å². The molecule has 0 saturated carbocycles. The lowest BCUT2D eigenvalue weighted by molar-refractivity contribution is -0.129. The van der Waals surface area contributed by atoms with Gasteiger partial charge in [0, 0.05) is 18.4 Å². The maximum Gasteiger partial charge on any atom is 0.144 e. The van der Waals surface area contributed by atoms with Gasteiger partial charge in [-0.2, -0.15) is 0 Å². The molecule has 1 fully saturated rings. The molecule has 1 aliphatic rings. The molecule has 1 aromatic carbocycles. The molecule has 1 saturated heterocycles. The summed E-state index contributed by atoms with van der Waals surface area (Å²) in [5.41, 5.74) is 0.712. The molecule has 1 heterocycles. The Hall–Kier alpha value is -1.35. The van der Waals surface area contributed by atoms with Gasteiger partial charge < -0.3 is 10.4 Å². The minimum absolute atomic E-state index is 0.196. The molecule has 19 heavy (non-hydrogen) atoms. The zero-order valence-corrected chi connectivity index (χ0v) is 11.6. The summed E-state index contributed by atoms with van der Waals surface area (Å²) in [6, 6.07) is 7.03. The molecule has 0 aromatic heterocycles. The van der Waals surface area contributed by atoms with Crippen molar-refractivity contribution in [3.63, 3.8) is 0 Å². The van der Waals surface area contributed by atoms with Crippen LogP contribution in [0.2, 0.25) is 0 Å². The second kappa shape index (κ2) is 6.20. The number of benzene rings is 1. The lowest BCUT2D eigenvalue weighted by Gasteiger charge is -2.36. The van der Waals surface area contributed by atoms with Crippen molar-refractivity contribution in [3.05, 3.63) is 29.8 Å². The molecule has 1 atom stereocenters. The van der Waals surface area contributed by atoms with Crippen LogP contribution in [0.3, 0.4) is 0 Å². The van der Waals surface area contributed by atoms with E-state index in [1.54, 1.807) is 18.2 Å². The average Bonchev–Trinajstić information content (AvgIpc) is 2.40. The van der Waals surface area contributed by atoms with Crippen molar-refractivity contribution in [3.8, 4) is 5.75 Å². The number of hydrogen-bond donors (Lipinski definition) is 2. The van der Waals surface area contributed by atoms with Gasteiger partial charge in [-0.1, -0.05) is 25.5 Å². The summed E-state index contributed by atoms with van der Waals surface area (Å²) in [5, 5.41) is 12.8. The monoisotopic (exact) mass is 261 g/mol. The van der Waals surface area contributed by atoms with Gasteiger partial charge >= 0.3 is 0 Å². The number of carbonyl (C=O) groups excluding carboxylic acids is 1. The quantitative estimate of drug-likeness (QED) is 0.856. The molecular weight excluding hydrogens is 238 g/mol. The fourth-order valence-corrected chi connectivity index (χ4v) is 3.08. The Morgan fingerprint density at radius 1 is 1.47 bits per heavy atom. The van der Waals surface area contributed by atoms with Gasteiger partial charge in [-0.25, -0.2) is 0 Å². The van der Waals surface area contributed by atoms with Gasteiger partial charge in [0.25, 0.3) is 0 Å². The van der Waals surface area contributed by atoms with E-state index in [1.807, 2.05) is 6.07 Å². The second-order valence-electron chi connectivity index (χ2n) is 5.58. The topological polar surface area (TPSA) is 49.3 Å². The van der Waals surface area contributed by atoms with Crippen LogP contribution >= 0.6 is 0 Å². The maximum atomic E-state index is 12.7. The summed E-state index contributed by atoms with van der Waals surface area (Å²) in [5.74, 6) is 0.545. The fraction of sp³-hybridized carbons (Fsp3) is 0.562. The van der Waals surface area contributed by atoms with E-state index in [0.29, 0.717) is 12.2 Å². The number of ketones is 1. The molecule has 0 spiro atoms. The third-order valence-corrected chi connectivity index (χ3v) is 4.07. The maximum absolute atomic E-state index is 12.7. The highest BCUT2D eigenvalue weighted by atomic mass is 16.3.